The zero-order valence-electron chi connectivity index (χ0n) is 13.6. The number of rotatable bonds is 1. The summed E-state index contributed by atoms with van der Waals surface area (Å²) in [4.78, 5) is 4.88. The maximum absolute atomic E-state index is 6.31. The lowest BCUT2D eigenvalue weighted by Crippen LogP contribution is -2.52. The van der Waals surface area contributed by atoms with Gasteiger partial charge in [0, 0.05) is 11.5 Å². The van der Waals surface area contributed by atoms with E-state index >= 15 is 0 Å². The molecule has 5 rings (SSSR count). The third kappa shape index (κ3) is 1.90. The normalized spacial score (nSPS) is 28.5. The van der Waals surface area contributed by atoms with Crippen LogP contribution in [0.1, 0.15) is 56.5 Å². The molecular formula is C18H21N3O. The molecule has 2 aliphatic heterocycles. The summed E-state index contributed by atoms with van der Waals surface area (Å²) in [6, 6.07) is 8.28. The maximum Gasteiger partial charge on any atom is 0.182 e. The Labute approximate surface area is 131 Å². The molecule has 0 radical (unpaired) electrons. The van der Waals surface area contributed by atoms with E-state index in [-0.39, 0.29) is 11.2 Å². The van der Waals surface area contributed by atoms with Gasteiger partial charge in [0.25, 0.3) is 0 Å². The number of fused-ring (bicyclic) bond motifs is 2. The van der Waals surface area contributed by atoms with Crippen molar-refractivity contribution in [2.75, 3.05) is 0 Å². The highest BCUT2D eigenvalue weighted by Gasteiger charge is 2.54. The van der Waals surface area contributed by atoms with Crippen molar-refractivity contribution >= 4 is 0 Å². The standard InChI is InChI=1S/C18H21N3O/c1-11-5-7-12(8-6-11)16-19-14-13-9-10-18(4,15(14)20-21-16)22-17(13,2)3/h5-8,13H,9-10H2,1-4H3. The minimum Gasteiger partial charge on any atom is -0.362 e. The van der Waals surface area contributed by atoms with Crippen molar-refractivity contribution in [3.05, 3.63) is 41.2 Å². The third-order valence-electron chi connectivity index (χ3n) is 5.09. The van der Waals surface area contributed by atoms with Gasteiger partial charge in [0.15, 0.2) is 5.82 Å². The van der Waals surface area contributed by atoms with Crippen molar-refractivity contribution < 1.29 is 4.74 Å². The lowest BCUT2D eigenvalue weighted by Gasteiger charge is -2.52. The summed E-state index contributed by atoms with van der Waals surface area (Å²) in [7, 11) is 0. The van der Waals surface area contributed by atoms with Gasteiger partial charge >= 0.3 is 0 Å². The molecule has 2 atom stereocenters. The lowest BCUT2D eigenvalue weighted by molar-refractivity contribution is -0.199. The Morgan fingerprint density at radius 1 is 1.09 bits per heavy atom. The van der Waals surface area contributed by atoms with Crippen LogP contribution in [-0.2, 0) is 10.3 Å². The van der Waals surface area contributed by atoms with Gasteiger partial charge in [0.1, 0.15) is 11.3 Å². The molecule has 1 aromatic heterocycles. The number of ether oxygens (including phenoxy) is 1. The zero-order valence-corrected chi connectivity index (χ0v) is 13.6. The molecule has 3 aliphatic rings. The summed E-state index contributed by atoms with van der Waals surface area (Å²) >= 11 is 0. The first-order chi connectivity index (χ1) is 10.4. The van der Waals surface area contributed by atoms with Gasteiger partial charge in [-0.1, -0.05) is 29.8 Å². The highest BCUT2D eigenvalue weighted by molar-refractivity contribution is 5.55. The van der Waals surface area contributed by atoms with Gasteiger partial charge < -0.3 is 4.74 Å². The molecule has 22 heavy (non-hydrogen) atoms. The van der Waals surface area contributed by atoms with Crippen molar-refractivity contribution in [2.45, 2.75) is 57.7 Å². The van der Waals surface area contributed by atoms with Crippen LogP contribution in [0.3, 0.4) is 0 Å². The van der Waals surface area contributed by atoms with Gasteiger partial charge in [-0.05, 0) is 40.5 Å². The van der Waals surface area contributed by atoms with E-state index in [0.717, 1.165) is 29.8 Å². The van der Waals surface area contributed by atoms with Crippen molar-refractivity contribution in [3.8, 4) is 11.4 Å². The Hall–Kier alpha value is -1.81. The van der Waals surface area contributed by atoms with E-state index < -0.39 is 0 Å². The molecule has 4 nitrogen and oxygen atoms in total. The van der Waals surface area contributed by atoms with Gasteiger partial charge in [0.05, 0.1) is 11.3 Å². The van der Waals surface area contributed by atoms with E-state index in [2.05, 4.69) is 62.2 Å². The SMILES string of the molecule is Cc1ccc(-c2nnc3c(n2)C2CCC3(C)OC2(C)C)cc1. The van der Waals surface area contributed by atoms with Gasteiger partial charge in [-0.15, -0.1) is 10.2 Å². The van der Waals surface area contributed by atoms with Crippen LogP contribution >= 0.6 is 0 Å². The van der Waals surface area contributed by atoms with Gasteiger partial charge in [0.2, 0.25) is 0 Å². The monoisotopic (exact) mass is 295 g/mol. The van der Waals surface area contributed by atoms with Crippen molar-refractivity contribution in [3.63, 3.8) is 0 Å². The molecule has 0 N–H and O–H groups in total. The van der Waals surface area contributed by atoms with E-state index in [1.165, 1.54) is 5.56 Å². The second-order valence-corrected chi connectivity index (χ2v) is 7.26. The predicted octanol–water partition coefficient (Wildman–Crippen LogP) is 3.75. The average molecular weight is 295 g/mol. The lowest BCUT2D eigenvalue weighted by atomic mass is 9.69. The fraction of sp³-hybridized carbons (Fsp3) is 0.500. The number of hydrogen-bond donors (Lipinski definition) is 0. The van der Waals surface area contributed by atoms with E-state index in [1.807, 2.05) is 0 Å². The molecule has 1 aliphatic carbocycles. The smallest absolute Gasteiger partial charge is 0.182 e. The van der Waals surface area contributed by atoms with Crippen molar-refractivity contribution in [1.82, 2.24) is 15.2 Å². The summed E-state index contributed by atoms with van der Waals surface area (Å²) in [5.74, 6) is 1.01. The summed E-state index contributed by atoms with van der Waals surface area (Å²) in [5, 5.41) is 8.86. The molecule has 2 unspecified atom stereocenters. The zero-order chi connectivity index (χ0) is 15.5. The fourth-order valence-electron chi connectivity index (χ4n) is 3.89. The Morgan fingerprint density at radius 3 is 2.50 bits per heavy atom. The molecule has 2 aromatic rings. The Balaban J connectivity index is 1.85. The van der Waals surface area contributed by atoms with Crippen molar-refractivity contribution in [2.24, 2.45) is 0 Å². The minimum absolute atomic E-state index is 0.194. The van der Waals surface area contributed by atoms with Crippen LogP contribution in [0, 0.1) is 6.92 Å². The number of aromatic nitrogens is 3. The second kappa shape index (κ2) is 4.35. The van der Waals surface area contributed by atoms with Crippen LogP contribution in [-0.4, -0.2) is 20.8 Å². The molecule has 1 aromatic carbocycles. The third-order valence-corrected chi connectivity index (χ3v) is 5.09. The van der Waals surface area contributed by atoms with Crippen LogP contribution in [0.5, 0.6) is 0 Å². The molecule has 0 spiro atoms. The first kappa shape index (κ1) is 13.8. The molecule has 1 fully saturated rings. The highest BCUT2D eigenvalue weighted by atomic mass is 16.5. The largest absolute Gasteiger partial charge is 0.362 e. The second-order valence-electron chi connectivity index (χ2n) is 7.26. The highest BCUT2D eigenvalue weighted by Crippen LogP contribution is 2.54. The molecule has 3 heterocycles. The number of nitrogens with zero attached hydrogens (tertiary/aromatic N) is 3. The van der Waals surface area contributed by atoms with E-state index in [0.29, 0.717) is 11.7 Å². The number of benzene rings is 1. The minimum atomic E-state index is -0.348. The van der Waals surface area contributed by atoms with Gasteiger partial charge in [-0.25, -0.2) is 4.98 Å². The van der Waals surface area contributed by atoms with E-state index in [1.54, 1.807) is 0 Å². The molecule has 1 saturated heterocycles. The number of aryl methyl sites for hydroxylation is 1. The molecule has 2 bridgehead atoms. The quantitative estimate of drug-likeness (QED) is 0.804. The van der Waals surface area contributed by atoms with Crippen molar-refractivity contribution in [1.29, 1.82) is 0 Å². The van der Waals surface area contributed by atoms with Crippen LogP contribution in [0.2, 0.25) is 0 Å². The molecular weight excluding hydrogens is 274 g/mol. The van der Waals surface area contributed by atoms with Gasteiger partial charge in [-0.2, -0.15) is 0 Å². The fourth-order valence-corrected chi connectivity index (χ4v) is 3.89. The van der Waals surface area contributed by atoms with E-state index in [9.17, 15) is 0 Å². The Bertz CT molecular complexity index is 738. The summed E-state index contributed by atoms with van der Waals surface area (Å²) in [6.45, 7) is 8.51. The molecule has 4 heteroatoms. The average Bonchev–Trinajstić information content (AvgIpc) is 2.46. The number of hydrogen-bond acceptors (Lipinski definition) is 4. The molecule has 114 valence electrons. The van der Waals surface area contributed by atoms with Crippen LogP contribution in [0.25, 0.3) is 11.4 Å². The van der Waals surface area contributed by atoms with Gasteiger partial charge in [-0.3, -0.25) is 0 Å². The summed E-state index contributed by atoms with van der Waals surface area (Å²) in [5.41, 5.74) is 3.72. The molecule has 0 amide bonds. The molecule has 0 saturated carbocycles. The summed E-state index contributed by atoms with van der Waals surface area (Å²) < 4.78 is 6.31. The maximum atomic E-state index is 6.31. The van der Waals surface area contributed by atoms with E-state index in [4.69, 9.17) is 9.72 Å². The summed E-state index contributed by atoms with van der Waals surface area (Å²) in [6.07, 6.45) is 2.09. The van der Waals surface area contributed by atoms with Crippen LogP contribution < -0.4 is 0 Å². The first-order valence-corrected chi connectivity index (χ1v) is 7.91. The first-order valence-electron chi connectivity index (χ1n) is 7.91. The van der Waals surface area contributed by atoms with Crippen LogP contribution in [0.4, 0.5) is 0 Å². The topological polar surface area (TPSA) is 47.9 Å². The predicted molar refractivity (Wildman–Crippen MR) is 84.5 cm³/mol. The van der Waals surface area contributed by atoms with Crippen LogP contribution in [0.15, 0.2) is 24.3 Å². The Morgan fingerprint density at radius 2 is 1.82 bits per heavy atom. The Kier molecular flexibility index (Phi) is 2.74.